The maximum Gasteiger partial charge on any atom is 0.342 e. The zero-order valence-corrected chi connectivity index (χ0v) is 25.6. The highest BCUT2D eigenvalue weighted by Gasteiger charge is 2.43. The van der Waals surface area contributed by atoms with Crippen molar-refractivity contribution in [1.29, 1.82) is 0 Å². The summed E-state index contributed by atoms with van der Waals surface area (Å²) in [5, 5.41) is 20.2. The van der Waals surface area contributed by atoms with Gasteiger partial charge in [-0.25, -0.2) is 4.79 Å². The van der Waals surface area contributed by atoms with Crippen LogP contribution >= 0.6 is 0 Å². The fourth-order valence-corrected chi connectivity index (χ4v) is 4.74. The summed E-state index contributed by atoms with van der Waals surface area (Å²) < 4.78 is 33.9. The number of ether oxygens (including phenoxy) is 6. The smallest absolute Gasteiger partial charge is 0.342 e. The lowest BCUT2D eigenvalue weighted by molar-refractivity contribution is -0.152. The minimum atomic E-state index is -1.39. The van der Waals surface area contributed by atoms with Gasteiger partial charge in [0.15, 0.2) is 12.6 Å². The predicted octanol–water partition coefficient (Wildman–Crippen LogP) is 4.78. The molecule has 0 spiro atoms. The van der Waals surface area contributed by atoms with E-state index in [1.807, 2.05) is 6.08 Å². The Bertz CT molecular complexity index is 982. The number of carbonyl (C=O) groups excluding carboxylic acids is 1. The molecular weight excluding hydrogens is 520 g/mol. The van der Waals surface area contributed by atoms with Gasteiger partial charge in [0.25, 0.3) is 0 Å². The summed E-state index contributed by atoms with van der Waals surface area (Å²) in [4.78, 5) is 13.2. The number of benzene rings is 1. The summed E-state index contributed by atoms with van der Waals surface area (Å²) in [5.41, 5.74) is 0.840. The molecule has 1 saturated heterocycles. The van der Waals surface area contributed by atoms with E-state index in [1.54, 1.807) is 51.1 Å². The van der Waals surface area contributed by atoms with Crippen LogP contribution in [0.15, 0.2) is 30.4 Å². The number of aliphatic hydroxyl groups is 2. The van der Waals surface area contributed by atoms with Crippen LogP contribution in [0.5, 0.6) is 11.5 Å². The Morgan fingerprint density at radius 3 is 2.49 bits per heavy atom. The topological polar surface area (TPSA) is 113 Å². The fourth-order valence-electron chi connectivity index (χ4n) is 4.03. The van der Waals surface area contributed by atoms with Gasteiger partial charge in [-0.3, -0.25) is 0 Å². The van der Waals surface area contributed by atoms with Gasteiger partial charge in [-0.15, -0.1) is 0 Å². The van der Waals surface area contributed by atoms with Crippen molar-refractivity contribution in [3.8, 4) is 11.5 Å². The van der Waals surface area contributed by atoms with Crippen molar-refractivity contribution in [2.75, 3.05) is 27.6 Å². The second kappa shape index (κ2) is 15.0. The number of rotatable bonds is 15. The van der Waals surface area contributed by atoms with E-state index in [1.165, 1.54) is 14.2 Å². The number of esters is 1. The summed E-state index contributed by atoms with van der Waals surface area (Å²) >= 11 is 0. The Kier molecular flexibility index (Phi) is 12.7. The standard InChI is InChI=1S/C29H46O9Si/c1-20(30)11-9-13-23(31)27-24(37-29(2,3)38-27)14-10-12-21-17-22(34-5)18-25(36-19-33-4)26(21)28(32)35-15-16-39(6,7)8/h9-10,12-13,17-18,20,23-24,27,30-31H,11,14-16,19H2,1-8H3/b12-10+,13-9-/t20?,23?,24-,27+/m0/s1. The molecule has 2 unspecified atom stereocenters. The molecule has 0 saturated carbocycles. The van der Waals surface area contributed by atoms with Crippen LogP contribution in [0.4, 0.5) is 0 Å². The molecule has 10 heteroatoms. The average Bonchev–Trinajstić information content (AvgIpc) is 3.15. The quantitative estimate of drug-likeness (QED) is 0.134. The second-order valence-electron chi connectivity index (χ2n) is 11.4. The van der Waals surface area contributed by atoms with Crippen LogP contribution < -0.4 is 9.47 Å². The van der Waals surface area contributed by atoms with Crippen LogP contribution in [0.1, 0.15) is 49.5 Å². The molecule has 1 fully saturated rings. The lowest BCUT2D eigenvalue weighted by atomic mass is 10.0. The zero-order valence-electron chi connectivity index (χ0n) is 24.6. The van der Waals surface area contributed by atoms with Crippen molar-refractivity contribution in [3.63, 3.8) is 0 Å². The number of hydrogen-bond donors (Lipinski definition) is 2. The van der Waals surface area contributed by atoms with E-state index in [4.69, 9.17) is 28.4 Å². The third-order valence-corrected chi connectivity index (χ3v) is 7.70. The molecule has 2 rings (SSSR count). The number of aliphatic hydroxyl groups excluding tert-OH is 2. The molecule has 1 aromatic carbocycles. The molecule has 1 aliphatic rings. The maximum absolute atomic E-state index is 13.2. The molecule has 1 aliphatic heterocycles. The molecule has 0 amide bonds. The Labute approximate surface area is 233 Å². The Hall–Kier alpha value is -2.21. The molecule has 0 radical (unpaired) electrons. The summed E-state index contributed by atoms with van der Waals surface area (Å²) in [7, 11) is 1.65. The molecule has 1 heterocycles. The second-order valence-corrected chi connectivity index (χ2v) is 17.0. The molecule has 0 bridgehead atoms. The average molecular weight is 567 g/mol. The van der Waals surface area contributed by atoms with Gasteiger partial charge in [0.2, 0.25) is 0 Å². The van der Waals surface area contributed by atoms with Crippen LogP contribution in [-0.2, 0) is 18.9 Å². The SMILES string of the molecule is COCOc1cc(OC)cc(/C=C/C[C@@H]2OC(C)(C)O[C@@H]2C(O)/C=C\CC(C)O)c1C(=O)OCC[Si](C)(C)C. The molecule has 9 nitrogen and oxygen atoms in total. The number of methoxy groups -OCH3 is 2. The Morgan fingerprint density at radius 2 is 1.87 bits per heavy atom. The summed E-state index contributed by atoms with van der Waals surface area (Å²) in [6, 6.07) is 4.22. The molecule has 39 heavy (non-hydrogen) atoms. The predicted molar refractivity (Wildman–Crippen MR) is 153 cm³/mol. The van der Waals surface area contributed by atoms with E-state index >= 15 is 0 Å². The molecule has 0 aromatic heterocycles. The van der Waals surface area contributed by atoms with Crippen LogP contribution in [0.3, 0.4) is 0 Å². The first-order valence-electron chi connectivity index (χ1n) is 13.3. The van der Waals surface area contributed by atoms with Gasteiger partial charge < -0.3 is 38.6 Å². The highest BCUT2D eigenvalue weighted by Crippen LogP contribution is 2.34. The first-order chi connectivity index (χ1) is 18.3. The van der Waals surface area contributed by atoms with Crippen LogP contribution in [0, 0.1) is 0 Å². The van der Waals surface area contributed by atoms with Gasteiger partial charge in [0.1, 0.15) is 29.3 Å². The van der Waals surface area contributed by atoms with Crippen LogP contribution in [-0.4, -0.2) is 82.1 Å². The first-order valence-corrected chi connectivity index (χ1v) is 17.0. The van der Waals surface area contributed by atoms with E-state index in [-0.39, 0.29) is 12.4 Å². The molecule has 1 aromatic rings. The van der Waals surface area contributed by atoms with Gasteiger partial charge in [-0.1, -0.05) is 43.9 Å². The van der Waals surface area contributed by atoms with Crippen molar-refractivity contribution in [3.05, 3.63) is 41.5 Å². The van der Waals surface area contributed by atoms with Crippen LogP contribution in [0.2, 0.25) is 25.7 Å². The van der Waals surface area contributed by atoms with E-state index in [0.29, 0.717) is 36.5 Å². The zero-order chi connectivity index (χ0) is 29.2. The van der Waals surface area contributed by atoms with E-state index in [2.05, 4.69) is 19.6 Å². The minimum Gasteiger partial charge on any atom is -0.497 e. The number of hydrogen-bond acceptors (Lipinski definition) is 9. The maximum atomic E-state index is 13.2. The molecule has 4 atom stereocenters. The van der Waals surface area contributed by atoms with Gasteiger partial charge >= 0.3 is 5.97 Å². The molecular formula is C29H46O9Si. The minimum absolute atomic E-state index is 0.0456. The number of carbonyl (C=O) groups is 1. The lowest BCUT2D eigenvalue weighted by Crippen LogP contribution is -2.34. The summed E-state index contributed by atoms with van der Waals surface area (Å²) in [5.74, 6) is -0.547. The van der Waals surface area contributed by atoms with Crippen LogP contribution in [0.25, 0.3) is 6.08 Å². The fraction of sp³-hybridized carbons (Fsp3) is 0.621. The third-order valence-electron chi connectivity index (χ3n) is 6.00. The molecule has 220 valence electrons. The van der Waals surface area contributed by atoms with Gasteiger partial charge in [0, 0.05) is 21.3 Å². The summed E-state index contributed by atoms with van der Waals surface area (Å²) in [6.07, 6.45) is 5.39. The highest BCUT2D eigenvalue weighted by atomic mass is 28.3. The molecule has 2 N–H and O–H groups in total. The summed E-state index contributed by atoms with van der Waals surface area (Å²) in [6.45, 7) is 12.2. The van der Waals surface area contributed by atoms with Crippen molar-refractivity contribution in [1.82, 2.24) is 0 Å². The molecule has 0 aliphatic carbocycles. The van der Waals surface area contributed by atoms with Gasteiger partial charge in [0.05, 0.1) is 25.9 Å². The largest absolute Gasteiger partial charge is 0.497 e. The third kappa shape index (κ3) is 11.1. The lowest BCUT2D eigenvalue weighted by Gasteiger charge is -2.20. The Balaban J connectivity index is 2.31. The van der Waals surface area contributed by atoms with Gasteiger partial charge in [-0.05, 0) is 51.3 Å². The van der Waals surface area contributed by atoms with Crippen molar-refractivity contribution in [2.24, 2.45) is 0 Å². The van der Waals surface area contributed by atoms with Crippen molar-refractivity contribution < 1.29 is 43.4 Å². The Morgan fingerprint density at radius 1 is 1.15 bits per heavy atom. The first kappa shape index (κ1) is 33.0. The normalized spacial score (nSPS) is 20.9. The van der Waals surface area contributed by atoms with Crippen molar-refractivity contribution >= 4 is 20.1 Å². The monoisotopic (exact) mass is 566 g/mol. The van der Waals surface area contributed by atoms with Crippen molar-refractivity contribution in [2.45, 2.75) is 89.5 Å². The van der Waals surface area contributed by atoms with E-state index in [0.717, 1.165) is 6.04 Å². The van der Waals surface area contributed by atoms with E-state index < -0.39 is 44.2 Å². The highest BCUT2D eigenvalue weighted by molar-refractivity contribution is 6.76. The van der Waals surface area contributed by atoms with E-state index in [9.17, 15) is 15.0 Å². The van der Waals surface area contributed by atoms with Gasteiger partial charge in [-0.2, -0.15) is 0 Å².